The van der Waals surface area contributed by atoms with Crippen LogP contribution in [-0.4, -0.2) is 28.9 Å². The zero-order valence-electron chi connectivity index (χ0n) is 12.4. The summed E-state index contributed by atoms with van der Waals surface area (Å²) >= 11 is 4.62. The molecule has 0 aliphatic rings. The largest absolute Gasteiger partial charge is 0.444 e. The first-order chi connectivity index (χ1) is 8.69. The summed E-state index contributed by atoms with van der Waals surface area (Å²) in [6.07, 6.45) is 1.96. The van der Waals surface area contributed by atoms with Crippen LogP contribution in [0.5, 0.6) is 0 Å². The molecule has 0 radical (unpaired) electrons. The van der Waals surface area contributed by atoms with E-state index in [4.69, 9.17) is 4.74 Å². The van der Waals surface area contributed by atoms with Crippen molar-refractivity contribution in [2.45, 2.75) is 58.7 Å². The second kappa shape index (κ2) is 8.08. The first kappa shape index (κ1) is 17.8. The summed E-state index contributed by atoms with van der Waals surface area (Å²) in [5.74, 6) is 0.405. The number of nitrogens with zero attached hydrogens (tertiary/aromatic N) is 1. The van der Waals surface area contributed by atoms with Gasteiger partial charge in [0.05, 0.1) is 17.2 Å². The molecule has 5 heteroatoms. The maximum Gasteiger partial charge on any atom is 0.407 e. The van der Waals surface area contributed by atoms with Gasteiger partial charge < -0.3 is 10.1 Å². The normalized spacial score (nSPS) is 14.2. The summed E-state index contributed by atoms with van der Waals surface area (Å²) in [7, 11) is 0. The summed E-state index contributed by atoms with van der Waals surface area (Å²) in [6, 6.07) is -0.477. The van der Waals surface area contributed by atoms with E-state index in [1.807, 2.05) is 20.8 Å². The second-order valence-electron chi connectivity index (χ2n) is 5.83. The molecule has 0 fully saturated rings. The molecule has 2 atom stereocenters. The van der Waals surface area contributed by atoms with Gasteiger partial charge in [-0.1, -0.05) is 19.9 Å². The highest BCUT2D eigenvalue weighted by molar-refractivity contribution is 7.78. The van der Waals surface area contributed by atoms with Crippen LogP contribution in [0.3, 0.4) is 0 Å². The Morgan fingerprint density at radius 3 is 2.47 bits per heavy atom. The Kier molecular flexibility index (Phi) is 7.57. The topological polar surface area (TPSA) is 50.7 Å². The van der Waals surface area contributed by atoms with Gasteiger partial charge in [0.15, 0.2) is 0 Å². The number of carbonyl (C=O) groups excluding carboxylic acids is 1. The molecule has 0 aromatic carbocycles. The highest BCUT2D eigenvalue weighted by Crippen LogP contribution is 2.13. The van der Waals surface area contributed by atoms with Crippen molar-refractivity contribution in [1.29, 1.82) is 0 Å². The number of aliphatic imine (C=N–C) groups is 1. The number of isothiocyanates is 1. The van der Waals surface area contributed by atoms with Gasteiger partial charge >= 0.3 is 6.09 Å². The van der Waals surface area contributed by atoms with Gasteiger partial charge in [-0.15, -0.1) is 6.58 Å². The quantitative estimate of drug-likeness (QED) is 0.461. The van der Waals surface area contributed by atoms with Crippen LogP contribution < -0.4 is 5.32 Å². The SMILES string of the molecule is C=C[C@H](N=C=S)[C@H](CC(C)C)NC(=O)OC(C)(C)C. The van der Waals surface area contributed by atoms with E-state index in [1.165, 1.54) is 0 Å². The Hall–Kier alpha value is -1.19. The van der Waals surface area contributed by atoms with Crippen LogP contribution >= 0.6 is 12.2 Å². The van der Waals surface area contributed by atoms with Crippen molar-refractivity contribution in [1.82, 2.24) is 5.32 Å². The average molecular weight is 284 g/mol. The molecule has 0 unspecified atom stereocenters. The van der Waals surface area contributed by atoms with Crippen molar-refractivity contribution in [2.75, 3.05) is 0 Å². The number of hydrogen-bond acceptors (Lipinski definition) is 4. The predicted octanol–water partition coefficient (Wildman–Crippen LogP) is 3.58. The Balaban J connectivity index is 4.80. The van der Waals surface area contributed by atoms with Crippen molar-refractivity contribution >= 4 is 23.5 Å². The van der Waals surface area contributed by atoms with Gasteiger partial charge in [0.2, 0.25) is 0 Å². The predicted molar refractivity (Wildman–Crippen MR) is 81.6 cm³/mol. The van der Waals surface area contributed by atoms with Crippen LogP contribution in [0, 0.1) is 5.92 Å². The third-order valence-electron chi connectivity index (χ3n) is 2.28. The molecule has 0 saturated heterocycles. The molecule has 1 N–H and O–H groups in total. The van der Waals surface area contributed by atoms with Gasteiger partial charge in [0.25, 0.3) is 0 Å². The standard InChI is InChI=1S/C14H24N2O2S/c1-7-11(15-9-19)12(8-10(2)3)16-13(17)18-14(4,5)6/h7,10-12H,1,8H2,2-6H3,(H,16,17)/t11-,12-/m0/s1. The molecular weight excluding hydrogens is 260 g/mol. The number of alkyl carbamates (subject to hydrolysis) is 1. The lowest BCUT2D eigenvalue weighted by atomic mass is 9.98. The van der Waals surface area contributed by atoms with Gasteiger partial charge in [-0.25, -0.2) is 9.79 Å². The number of thiocarbonyl (C=S) groups is 1. The minimum absolute atomic E-state index is 0.192. The third-order valence-corrected chi connectivity index (χ3v) is 2.39. The van der Waals surface area contributed by atoms with Gasteiger partial charge in [-0.3, -0.25) is 0 Å². The van der Waals surface area contributed by atoms with Crippen LogP contribution in [0.1, 0.15) is 41.0 Å². The molecule has 0 heterocycles. The average Bonchev–Trinajstić information content (AvgIpc) is 2.21. The highest BCUT2D eigenvalue weighted by atomic mass is 32.1. The Morgan fingerprint density at radius 2 is 2.11 bits per heavy atom. The highest BCUT2D eigenvalue weighted by Gasteiger charge is 2.24. The van der Waals surface area contributed by atoms with E-state index in [0.29, 0.717) is 5.92 Å². The molecule has 0 spiro atoms. The van der Waals surface area contributed by atoms with Crippen LogP contribution in [-0.2, 0) is 4.74 Å². The smallest absolute Gasteiger partial charge is 0.407 e. The zero-order valence-corrected chi connectivity index (χ0v) is 13.2. The van der Waals surface area contributed by atoms with E-state index >= 15 is 0 Å². The summed E-state index contributed by atoms with van der Waals surface area (Å²) < 4.78 is 5.25. The number of hydrogen-bond donors (Lipinski definition) is 1. The number of carbonyl (C=O) groups is 1. The number of rotatable bonds is 6. The molecule has 0 aliphatic heterocycles. The minimum atomic E-state index is -0.524. The van der Waals surface area contributed by atoms with Crippen molar-refractivity contribution in [3.05, 3.63) is 12.7 Å². The molecule has 0 aromatic rings. The van der Waals surface area contributed by atoms with E-state index in [9.17, 15) is 4.79 Å². The number of nitrogens with one attached hydrogen (secondary N) is 1. The third kappa shape index (κ3) is 8.51. The van der Waals surface area contributed by atoms with E-state index in [1.54, 1.807) is 6.08 Å². The summed E-state index contributed by atoms with van der Waals surface area (Å²) in [4.78, 5) is 15.8. The van der Waals surface area contributed by atoms with Crippen molar-refractivity contribution in [3.8, 4) is 0 Å². The van der Waals surface area contributed by atoms with E-state index in [2.05, 4.69) is 48.1 Å². The monoisotopic (exact) mass is 284 g/mol. The van der Waals surface area contributed by atoms with Gasteiger partial charge in [0, 0.05) is 0 Å². The lowest BCUT2D eigenvalue weighted by molar-refractivity contribution is 0.0495. The molecule has 0 rings (SSSR count). The summed E-state index contributed by atoms with van der Waals surface area (Å²) in [5, 5.41) is 5.17. The Bertz CT molecular complexity index is 355. The van der Waals surface area contributed by atoms with Gasteiger partial charge in [0.1, 0.15) is 5.60 Å². The lowest BCUT2D eigenvalue weighted by Crippen LogP contribution is -2.44. The van der Waals surface area contributed by atoms with Gasteiger partial charge in [-0.2, -0.15) is 0 Å². The number of amides is 1. The van der Waals surface area contributed by atoms with Crippen LogP contribution in [0.25, 0.3) is 0 Å². The maximum absolute atomic E-state index is 11.8. The molecule has 0 bridgehead atoms. The minimum Gasteiger partial charge on any atom is -0.444 e. The van der Waals surface area contributed by atoms with Gasteiger partial charge in [-0.05, 0) is 45.3 Å². The molecule has 108 valence electrons. The second-order valence-corrected chi connectivity index (χ2v) is 6.01. The molecule has 1 amide bonds. The molecule has 0 aliphatic carbocycles. The summed E-state index contributed by atoms with van der Waals surface area (Å²) in [6.45, 7) is 13.3. The van der Waals surface area contributed by atoms with Crippen molar-refractivity contribution in [3.63, 3.8) is 0 Å². The molecule has 0 aromatic heterocycles. The lowest BCUT2D eigenvalue weighted by Gasteiger charge is -2.26. The van der Waals surface area contributed by atoms with E-state index in [-0.39, 0.29) is 12.1 Å². The van der Waals surface area contributed by atoms with Crippen molar-refractivity contribution < 1.29 is 9.53 Å². The Labute approximate surface area is 121 Å². The first-order valence-electron chi connectivity index (χ1n) is 6.38. The fourth-order valence-corrected chi connectivity index (χ4v) is 1.74. The summed E-state index contributed by atoms with van der Waals surface area (Å²) in [5.41, 5.74) is -0.524. The molecule has 4 nitrogen and oxygen atoms in total. The molecule has 19 heavy (non-hydrogen) atoms. The van der Waals surface area contributed by atoms with Crippen LogP contribution in [0.4, 0.5) is 4.79 Å². The van der Waals surface area contributed by atoms with E-state index < -0.39 is 11.7 Å². The number of ether oxygens (including phenoxy) is 1. The van der Waals surface area contributed by atoms with Crippen molar-refractivity contribution in [2.24, 2.45) is 10.9 Å². The fraction of sp³-hybridized carbons (Fsp3) is 0.714. The molecular formula is C14H24N2O2S. The molecule has 0 saturated carbocycles. The Morgan fingerprint density at radius 1 is 1.53 bits per heavy atom. The fourth-order valence-electron chi connectivity index (χ4n) is 1.62. The maximum atomic E-state index is 11.8. The zero-order chi connectivity index (χ0) is 15.1. The first-order valence-corrected chi connectivity index (χ1v) is 6.79. The van der Waals surface area contributed by atoms with E-state index in [0.717, 1.165) is 6.42 Å². The van der Waals surface area contributed by atoms with Crippen LogP contribution in [0.2, 0.25) is 0 Å². The van der Waals surface area contributed by atoms with Crippen LogP contribution in [0.15, 0.2) is 17.6 Å².